The molecule has 1 heterocycles. The van der Waals surface area contributed by atoms with Crippen molar-refractivity contribution >= 4 is 49.2 Å². The van der Waals surface area contributed by atoms with Gasteiger partial charge in [0.15, 0.2) is 0 Å². The van der Waals surface area contributed by atoms with Crippen LogP contribution in [0.4, 0.5) is 29.0 Å². The van der Waals surface area contributed by atoms with Gasteiger partial charge in [0.2, 0.25) is 5.95 Å². The van der Waals surface area contributed by atoms with Crippen molar-refractivity contribution in [3.8, 4) is 0 Å². The van der Waals surface area contributed by atoms with E-state index in [-0.39, 0.29) is 27.4 Å². The number of nitrogens with two attached hydrogens (primary N) is 1. The quantitative estimate of drug-likeness (QED) is 0.355. The fourth-order valence-electron chi connectivity index (χ4n) is 2.36. The number of anilines is 5. The summed E-state index contributed by atoms with van der Waals surface area (Å²) in [5.74, 6) is 0.297. The molecule has 0 amide bonds. The van der Waals surface area contributed by atoms with Gasteiger partial charge < -0.3 is 16.4 Å². The van der Waals surface area contributed by atoms with Crippen LogP contribution in [-0.2, 0) is 20.2 Å². The third kappa shape index (κ3) is 5.39. The summed E-state index contributed by atoms with van der Waals surface area (Å²) in [4.78, 5) is 7.37. The van der Waals surface area contributed by atoms with Crippen LogP contribution in [0.2, 0.25) is 0 Å². The van der Waals surface area contributed by atoms with Crippen molar-refractivity contribution in [2.45, 2.75) is 9.79 Å². The van der Waals surface area contributed by atoms with Gasteiger partial charge in [0.25, 0.3) is 20.2 Å². The zero-order valence-electron chi connectivity index (χ0n) is 14.5. The Morgan fingerprint density at radius 1 is 0.724 bits per heavy atom. The molecule has 29 heavy (non-hydrogen) atoms. The van der Waals surface area contributed by atoms with Crippen LogP contribution in [0.1, 0.15) is 0 Å². The molecule has 13 heteroatoms. The third-order valence-electron chi connectivity index (χ3n) is 3.55. The van der Waals surface area contributed by atoms with Crippen LogP contribution in [0, 0.1) is 0 Å². The Kier molecular flexibility index (Phi) is 5.39. The van der Waals surface area contributed by atoms with Crippen molar-refractivity contribution < 1.29 is 25.9 Å². The Hall–Kier alpha value is -3.26. The summed E-state index contributed by atoms with van der Waals surface area (Å²) < 4.78 is 63.3. The molecule has 0 spiro atoms. The van der Waals surface area contributed by atoms with Gasteiger partial charge in [0.05, 0.1) is 9.79 Å². The van der Waals surface area contributed by atoms with Crippen LogP contribution in [-0.4, -0.2) is 35.9 Å². The Morgan fingerprint density at radius 3 is 1.52 bits per heavy atom. The molecule has 0 fully saturated rings. The first-order chi connectivity index (χ1) is 13.5. The van der Waals surface area contributed by atoms with Crippen LogP contribution >= 0.6 is 0 Å². The fourth-order valence-corrected chi connectivity index (χ4v) is 3.41. The average Bonchev–Trinajstić information content (AvgIpc) is 2.60. The smallest absolute Gasteiger partial charge is 0.294 e. The first kappa shape index (κ1) is 20.5. The van der Waals surface area contributed by atoms with Gasteiger partial charge in [-0.2, -0.15) is 26.8 Å². The lowest BCUT2D eigenvalue weighted by atomic mass is 10.3. The van der Waals surface area contributed by atoms with E-state index in [1.54, 1.807) is 12.1 Å². The molecule has 0 bridgehead atoms. The van der Waals surface area contributed by atoms with E-state index in [0.717, 1.165) is 0 Å². The molecular weight excluding hydrogens is 422 g/mol. The minimum atomic E-state index is -4.37. The van der Waals surface area contributed by atoms with Crippen LogP contribution in [0.5, 0.6) is 0 Å². The maximum absolute atomic E-state index is 11.3. The maximum Gasteiger partial charge on any atom is 0.294 e. The fraction of sp³-hybridized carbons (Fsp3) is 0. The Bertz CT molecular complexity index is 1180. The molecular formula is C16H15N5O6S2. The molecule has 0 saturated heterocycles. The Balaban J connectivity index is 1.88. The number of benzene rings is 2. The highest BCUT2D eigenvalue weighted by Crippen LogP contribution is 2.24. The van der Waals surface area contributed by atoms with E-state index in [9.17, 15) is 16.8 Å². The van der Waals surface area contributed by atoms with E-state index in [1.807, 2.05) is 0 Å². The molecule has 11 nitrogen and oxygen atoms in total. The second-order valence-electron chi connectivity index (χ2n) is 5.75. The number of nitrogen functional groups attached to an aromatic ring is 1. The molecule has 3 rings (SSSR count). The number of hydrogen-bond acceptors (Lipinski definition) is 9. The molecule has 6 N–H and O–H groups in total. The molecule has 1 aromatic heterocycles. The van der Waals surface area contributed by atoms with Crippen molar-refractivity contribution in [3.05, 3.63) is 54.6 Å². The van der Waals surface area contributed by atoms with E-state index in [4.69, 9.17) is 14.8 Å². The molecule has 0 saturated carbocycles. The predicted octanol–water partition coefficient (Wildman–Crippen LogP) is 2.04. The van der Waals surface area contributed by atoms with Gasteiger partial charge >= 0.3 is 0 Å². The minimum absolute atomic E-state index is 0.116. The highest BCUT2D eigenvalue weighted by atomic mass is 32.2. The van der Waals surface area contributed by atoms with Gasteiger partial charge in [-0.1, -0.05) is 12.1 Å². The van der Waals surface area contributed by atoms with E-state index >= 15 is 0 Å². The third-order valence-corrected chi connectivity index (χ3v) is 5.25. The Labute approximate surface area is 166 Å². The maximum atomic E-state index is 11.3. The molecule has 0 aliphatic heterocycles. The topological polar surface area (TPSA) is 185 Å². The molecule has 0 aliphatic rings. The summed E-state index contributed by atoms with van der Waals surface area (Å²) in [5.41, 5.74) is 6.33. The number of hydrogen-bond donors (Lipinski definition) is 5. The van der Waals surface area contributed by atoms with Gasteiger partial charge in [0.1, 0.15) is 11.6 Å². The second kappa shape index (κ2) is 7.63. The highest BCUT2D eigenvalue weighted by Gasteiger charge is 2.12. The molecule has 0 unspecified atom stereocenters. The van der Waals surface area contributed by atoms with Gasteiger partial charge in [-0.05, 0) is 36.4 Å². The lowest BCUT2D eigenvalue weighted by Gasteiger charge is -2.11. The summed E-state index contributed by atoms with van der Waals surface area (Å²) in [7, 11) is -8.74. The summed E-state index contributed by atoms with van der Waals surface area (Å²) >= 11 is 0. The first-order valence-electron chi connectivity index (χ1n) is 7.84. The Morgan fingerprint density at radius 2 is 1.14 bits per heavy atom. The van der Waals surface area contributed by atoms with Crippen LogP contribution < -0.4 is 16.4 Å². The predicted molar refractivity (Wildman–Crippen MR) is 106 cm³/mol. The largest absolute Gasteiger partial charge is 0.368 e. The molecule has 152 valence electrons. The molecule has 3 aromatic rings. The van der Waals surface area contributed by atoms with Gasteiger partial charge in [0, 0.05) is 17.4 Å². The average molecular weight is 437 g/mol. The summed E-state index contributed by atoms with van der Waals surface area (Å²) in [6.45, 7) is 0. The lowest BCUT2D eigenvalue weighted by Crippen LogP contribution is -2.05. The lowest BCUT2D eigenvalue weighted by molar-refractivity contribution is 0.481. The minimum Gasteiger partial charge on any atom is -0.368 e. The van der Waals surface area contributed by atoms with Gasteiger partial charge in [-0.3, -0.25) is 9.11 Å². The standard InChI is InChI=1S/C16H15N5O6S2/c17-16-20-14(18-10-3-1-5-12(7-10)28(22,23)24)9-15(21-16)19-11-4-2-6-13(8-11)29(25,26)27/h1-9H,(H,22,23,24)(H,25,26,27)(H4,17,18,19,20,21). The summed E-state index contributed by atoms with van der Waals surface area (Å²) in [5, 5.41) is 5.67. The SMILES string of the molecule is Nc1nc(Nc2cccc(S(=O)(=O)O)c2)cc(Nc2cccc(S(=O)(=O)O)c2)n1. The highest BCUT2D eigenvalue weighted by molar-refractivity contribution is 7.86. The van der Waals surface area contributed by atoms with E-state index < -0.39 is 20.2 Å². The van der Waals surface area contributed by atoms with Crippen molar-refractivity contribution in [1.82, 2.24) is 9.97 Å². The van der Waals surface area contributed by atoms with Crippen molar-refractivity contribution in [2.75, 3.05) is 16.4 Å². The van der Waals surface area contributed by atoms with Crippen LogP contribution in [0.3, 0.4) is 0 Å². The zero-order valence-corrected chi connectivity index (χ0v) is 16.1. The van der Waals surface area contributed by atoms with E-state index in [1.165, 1.54) is 42.5 Å². The van der Waals surface area contributed by atoms with Crippen molar-refractivity contribution in [1.29, 1.82) is 0 Å². The molecule has 0 radical (unpaired) electrons. The number of aromatic nitrogens is 2. The summed E-state index contributed by atoms with van der Waals surface area (Å²) in [6, 6.07) is 12.3. The van der Waals surface area contributed by atoms with Gasteiger partial charge in [-0.25, -0.2) is 0 Å². The number of rotatable bonds is 6. The van der Waals surface area contributed by atoms with Crippen LogP contribution in [0.15, 0.2) is 64.4 Å². The van der Waals surface area contributed by atoms with E-state index in [2.05, 4.69) is 20.6 Å². The van der Waals surface area contributed by atoms with Crippen LogP contribution in [0.25, 0.3) is 0 Å². The normalized spacial score (nSPS) is 11.8. The molecule has 2 aromatic carbocycles. The molecule has 0 atom stereocenters. The van der Waals surface area contributed by atoms with E-state index in [0.29, 0.717) is 11.4 Å². The van der Waals surface area contributed by atoms with Crippen molar-refractivity contribution in [2.24, 2.45) is 0 Å². The second-order valence-corrected chi connectivity index (χ2v) is 8.60. The monoisotopic (exact) mass is 437 g/mol. The van der Waals surface area contributed by atoms with Crippen molar-refractivity contribution in [3.63, 3.8) is 0 Å². The molecule has 0 aliphatic carbocycles. The number of nitrogens with one attached hydrogen (secondary N) is 2. The zero-order chi connectivity index (χ0) is 21.2. The van der Waals surface area contributed by atoms with Gasteiger partial charge in [-0.15, -0.1) is 0 Å². The first-order valence-corrected chi connectivity index (χ1v) is 10.7. The number of nitrogens with zero attached hydrogens (tertiary/aromatic N) is 2. The summed E-state index contributed by atoms with van der Waals surface area (Å²) in [6.07, 6.45) is 0.